The maximum Gasteiger partial charge on any atom is 0.453 e. The first-order valence-electron chi connectivity index (χ1n) is 5.91. The van der Waals surface area contributed by atoms with Gasteiger partial charge in [0.2, 0.25) is 4.96 Å². The monoisotopic (exact) mass is 328 g/mol. The summed E-state index contributed by atoms with van der Waals surface area (Å²) in [6.45, 7) is -0.0148. The fraction of sp³-hybridized carbons (Fsp3) is 0.182. The molecule has 114 valence electrons. The van der Waals surface area contributed by atoms with Gasteiger partial charge in [-0.2, -0.15) is 22.8 Å². The Morgan fingerprint density at radius 3 is 2.86 bits per heavy atom. The number of halogens is 3. The third kappa shape index (κ3) is 2.74. The van der Waals surface area contributed by atoms with Gasteiger partial charge in [0.1, 0.15) is 5.01 Å². The summed E-state index contributed by atoms with van der Waals surface area (Å²) in [7, 11) is 0. The summed E-state index contributed by atoms with van der Waals surface area (Å²) in [4.78, 5) is 15.6. The van der Waals surface area contributed by atoms with Crippen molar-refractivity contribution in [1.82, 2.24) is 30.1 Å². The maximum absolute atomic E-state index is 12.7. The second kappa shape index (κ2) is 5.33. The van der Waals surface area contributed by atoms with Crippen molar-refractivity contribution in [3.63, 3.8) is 0 Å². The summed E-state index contributed by atoms with van der Waals surface area (Å²) in [5, 5.41) is 13.1. The SMILES string of the molecule is O=C(NCc1nn2c(C(F)(F)F)nnc2s1)c1cccnc1. The summed E-state index contributed by atoms with van der Waals surface area (Å²) in [6, 6.07) is 3.18. The zero-order chi connectivity index (χ0) is 15.7. The van der Waals surface area contributed by atoms with Gasteiger partial charge < -0.3 is 5.32 Å². The normalized spacial score (nSPS) is 11.8. The molecule has 11 heteroatoms. The molecule has 0 aliphatic heterocycles. The number of nitrogens with zero attached hydrogens (tertiary/aromatic N) is 5. The van der Waals surface area contributed by atoms with Crippen LogP contribution in [0, 0.1) is 0 Å². The van der Waals surface area contributed by atoms with Crippen molar-refractivity contribution in [3.8, 4) is 0 Å². The molecule has 0 bridgehead atoms. The van der Waals surface area contributed by atoms with E-state index in [1.54, 1.807) is 12.1 Å². The number of hydrogen-bond acceptors (Lipinski definition) is 6. The molecule has 1 N–H and O–H groups in total. The zero-order valence-corrected chi connectivity index (χ0v) is 11.5. The van der Waals surface area contributed by atoms with Crippen LogP contribution in [0.3, 0.4) is 0 Å². The number of fused-ring (bicyclic) bond motifs is 1. The lowest BCUT2D eigenvalue weighted by molar-refractivity contribution is -0.146. The zero-order valence-electron chi connectivity index (χ0n) is 10.7. The predicted molar refractivity (Wildman–Crippen MR) is 69.1 cm³/mol. The molecule has 0 atom stereocenters. The Balaban J connectivity index is 1.75. The van der Waals surface area contributed by atoms with E-state index in [1.807, 2.05) is 0 Å². The van der Waals surface area contributed by atoms with Crippen LogP contribution in [0.15, 0.2) is 24.5 Å². The summed E-state index contributed by atoms with van der Waals surface area (Å²) in [5.41, 5.74) is 0.349. The maximum atomic E-state index is 12.7. The summed E-state index contributed by atoms with van der Waals surface area (Å²) < 4.78 is 38.6. The average molecular weight is 328 g/mol. The van der Waals surface area contributed by atoms with Crippen LogP contribution in [-0.4, -0.2) is 30.7 Å². The first-order chi connectivity index (χ1) is 10.4. The molecule has 0 saturated heterocycles. The van der Waals surface area contributed by atoms with Crippen molar-refractivity contribution in [2.75, 3.05) is 0 Å². The fourth-order valence-electron chi connectivity index (χ4n) is 1.66. The first-order valence-corrected chi connectivity index (χ1v) is 6.73. The van der Waals surface area contributed by atoms with Gasteiger partial charge in [0.15, 0.2) is 0 Å². The van der Waals surface area contributed by atoms with E-state index < -0.39 is 17.9 Å². The number of carbonyl (C=O) groups is 1. The Labute approximate surface area is 124 Å². The van der Waals surface area contributed by atoms with Crippen molar-refractivity contribution in [2.24, 2.45) is 0 Å². The molecule has 7 nitrogen and oxygen atoms in total. The van der Waals surface area contributed by atoms with E-state index in [9.17, 15) is 18.0 Å². The van der Waals surface area contributed by atoms with Crippen LogP contribution in [0.1, 0.15) is 21.2 Å². The number of rotatable bonds is 3. The first kappa shape index (κ1) is 14.4. The van der Waals surface area contributed by atoms with E-state index in [0.717, 1.165) is 11.3 Å². The molecule has 0 aliphatic rings. The highest BCUT2D eigenvalue weighted by molar-refractivity contribution is 7.16. The smallest absolute Gasteiger partial charge is 0.345 e. The van der Waals surface area contributed by atoms with Crippen LogP contribution in [-0.2, 0) is 12.7 Å². The molecular formula is C11H7F3N6OS. The molecule has 0 radical (unpaired) electrons. The molecule has 3 aromatic heterocycles. The standard InChI is InChI=1S/C11H7F3N6OS/c12-11(13,14)9-17-18-10-20(9)19-7(22-10)5-16-8(21)6-2-1-3-15-4-6/h1-4H,5H2,(H,16,21). The molecule has 22 heavy (non-hydrogen) atoms. The molecule has 3 heterocycles. The number of pyridine rings is 1. The topological polar surface area (TPSA) is 85.1 Å². The van der Waals surface area contributed by atoms with Crippen LogP contribution >= 0.6 is 11.3 Å². The molecular weight excluding hydrogens is 321 g/mol. The van der Waals surface area contributed by atoms with Gasteiger partial charge in [0.05, 0.1) is 12.1 Å². The van der Waals surface area contributed by atoms with Gasteiger partial charge in [-0.05, 0) is 12.1 Å². The van der Waals surface area contributed by atoms with E-state index in [4.69, 9.17) is 0 Å². The minimum Gasteiger partial charge on any atom is -0.345 e. The van der Waals surface area contributed by atoms with E-state index in [1.165, 1.54) is 12.4 Å². The number of hydrogen-bond donors (Lipinski definition) is 1. The largest absolute Gasteiger partial charge is 0.453 e. The third-order valence-corrected chi connectivity index (χ3v) is 3.51. The Morgan fingerprint density at radius 1 is 1.36 bits per heavy atom. The van der Waals surface area contributed by atoms with E-state index in [0.29, 0.717) is 10.1 Å². The van der Waals surface area contributed by atoms with Crippen molar-refractivity contribution in [2.45, 2.75) is 12.7 Å². The van der Waals surface area contributed by atoms with Gasteiger partial charge in [0.25, 0.3) is 11.7 Å². The molecule has 0 unspecified atom stereocenters. The van der Waals surface area contributed by atoms with Gasteiger partial charge in [0, 0.05) is 12.4 Å². The predicted octanol–water partition coefficient (Wildman–Crippen LogP) is 1.53. The second-order valence-electron chi connectivity index (χ2n) is 4.14. The quantitative estimate of drug-likeness (QED) is 0.788. The Kier molecular flexibility index (Phi) is 3.48. The molecule has 0 aliphatic carbocycles. The second-order valence-corrected chi connectivity index (χ2v) is 5.18. The highest BCUT2D eigenvalue weighted by atomic mass is 32.1. The number of amides is 1. The van der Waals surface area contributed by atoms with Crippen LogP contribution in [0.2, 0.25) is 0 Å². The fourth-order valence-corrected chi connectivity index (χ4v) is 2.43. The molecule has 3 aromatic rings. The van der Waals surface area contributed by atoms with Gasteiger partial charge in [-0.15, -0.1) is 10.2 Å². The lowest BCUT2D eigenvalue weighted by Gasteiger charge is -2.02. The Morgan fingerprint density at radius 2 is 2.18 bits per heavy atom. The van der Waals surface area contributed by atoms with Gasteiger partial charge in [-0.1, -0.05) is 11.3 Å². The molecule has 0 saturated carbocycles. The summed E-state index contributed by atoms with van der Waals surface area (Å²) in [6.07, 6.45) is -1.72. The van der Waals surface area contributed by atoms with Gasteiger partial charge >= 0.3 is 6.18 Å². The minimum absolute atomic E-state index is 0.0120. The third-order valence-electron chi connectivity index (χ3n) is 2.61. The number of aromatic nitrogens is 5. The van der Waals surface area contributed by atoms with E-state index in [-0.39, 0.29) is 16.5 Å². The molecule has 3 rings (SSSR count). The Hall–Kier alpha value is -2.56. The van der Waals surface area contributed by atoms with Crippen LogP contribution in [0.25, 0.3) is 4.96 Å². The lowest BCUT2D eigenvalue weighted by Crippen LogP contribution is -2.23. The highest BCUT2D eigenvalue weighted by Crippen LogP contribution is 2.28. The highest BCUT2D eigenvalue weighted by Gasteiger charge is 2.38. The minimum atomic E-state index is -4.64. The Bertz CT molecular complexity index is 812. The lowest BCUT2D eigenvalue weighted by atomic mass is 10.3. The summed E-state index contributed by atoms with van der Waals surface area (Å²) in [5.74, 6) is -1.58. The van der Waals surface area contributed by atoms with Crippen LogP contribution in [0.4, 0.5) is 13.2 Å². The van der Waals surface area contributed by atoms with E-state index >= 15 is 0 Å². The van der Waals surface area contributed by atoms with Crippen molar-refractivity contribution in [3.05, 3.63) is 40.9 Å². The van der Waals surface area contributed by atoms with Gasteiger partial charge in [-0.25, -0.2) is 0 Å². The van der Waals surface area contributed by atoms with Gasteiger partial charge in [-0.3, -0.25) is 9.78 Å². The summed E-state index contributed by atoms with van der Waals surface area (Å²) >= 11 is 0.919. The average Bonchev–Trinajstić information content (AvgIpc) is 3.04. The molecule has 1 amide bonds. The van der Waals surface area contributed by atoms with Crippen molar-refractivity contribution < 1.29 is 18.0 Å². The number of carbonyl (C=O) groups excluding carboxylic acids is 1. The number of alkyl halides is 3. The molecule has 0 aromatic carbocycles. The molecule has 0 spiro atoms. The van der Waals surface area contributed by atoms with Crippen molar-refractivity contribution >= 4 is 22.2 Å². The van der Waals surface area contributed by atoms with Crippen LogP contribution < -0.4 is 5.32 Å². The number of nitrogens with one attached hydrogen (secondary N) is 1. The molecule has 0 fully saturated rings. The van der Waals surface area contributed by atoms with Crippen molar-refractivity contribution in [1.29, 1.82) is 0 Å². The van der Waals surface area contributed by atoms with Crippen LogP contribution in [0.5, 0.6) is 0 Å². The van der Waals surface area contributed by atoms with E-state index in [2.05, 4.69) is 25.6 Å².